The molecular formula is C13H10N2O. The molecule has 3 nitrogen and oxygen atoms in total. The molecule has 3 heteroatoms. The van der Waals surface area contributed by atoms with Gasteiger partial charge in [0.2, 0.25) is 0 Å². The van der Waals surface area contributed by atoms with Crippen LogP contribution in [-0.2, 0) is 0 Å². The van der Waals surface area contributed by atoms with Gasteiger partial charge >= 0.3 is 0 Å². The zero-order valence-corrected chi connectivity index (χ0v) is 8.82. The third-order valence-electron chi connectivity index (χ3n) is 2.60. The van der Waals surface area contributed by atoms with Crippen molar-refractivity contribution >= 4 is 16.6 Å². The normalized spacial score (nSPS) is 13.4. The number of pyridine rings is 1. The molecule has 0 aliphatic heterocycles. The highest BCUT2D eigenvalue weighted by atomic mass is 16.5. The lowest BCUT2D eigenvalue weighted by Crippen LogP contribution is -1.84. The minimum Gasteiger partial charge on any atom is -0.496 e. The molecule has 0 saturated heterocycles. The summed E-state index contributed by atoms with van der Waals surface area (Å²) in [5.41, 5.74) is 6.04. The van der Waals surface area contributed by atoms with Gasteiger partial charge < -0.3 is 9.72 Å². The predicted molar refractivity (Wildman–Crippen MR) is 63.3 cm³/mol. The van der Waals surface area contributed by atoms with Gasteiger partial charge in [-0.25, -0.2) is 4.98 Å². The Labute approximate surface area is 92.8 Å². The van der Waals surface area contributed by atoms with Gasteiger partial charge in [-0.2, -0.15) is 0 Å². The number of H-pyrrole nitrogens is 1. The molecule has 0 atom stereocenters. The maximum absolute atomic E-state index is 5.29. The standard InChI is InChI=1S/C13H10N2O/c1-16-12-6-7-14-13-10(12)8-11(15-13)9-4-2-3-5-9/h2-4,6-8H,1H3,(H,14,15). The van der Waals surface area contributed by atoms with Gasteiger partial charge in [-0.3, -0.25) is 0 Å². The van der Waals surface area contributed by atoms with Crippen molar-refractivity contribution in [3.05, 3.63) is 48.0 Å². The Kier molecular flexibility index (Phi) is 1.92. The number of nitrogens with one attached hydrogen (secondary N) is 1. The van der Waals surface area contributed by atoms with Crippen molar-refractivity contribution in [1.29, 1.82) is 0 Å². The molecule has 1 aliphatic rings. The summed E-state index contributed by atoms with van der Waals surface area (Å²) in [6.07, 6.45) is 7.60. The summed E-state index contributed by atoms with van der Waals surface area (Å²) in [5, 5.41) is 0.995. The number of aromatic nitrogens is 2. The van der Waals surface area contributed by atoms with Crippen molar-refractivity contribution in [2.24, 2.45) is 0 Å². The average molecular weight is 210 g/mol. The molecule has 0 saturated carbocycles. The van der Waals surface area contributed by atoms with Crippen molar-refractivity contribution in [1.82, 2.24) is 9.97 Å². The molecule has 0 radical (unpaired) electrons. The summed E-state index contributed by atoms with van der Waals surface area (Å²) < 4.78 is 5.29. The Bertz CT molecular complexity index is 643. The van der Waals surface area contributed by atoms with E-state index in [0.717, 1.165) is 28.0 Å². The van der Waals surface area contributed by atoms with Gasteiger partial charge in [0.15, 0.2) is 0 Å². The highest BCUT2D eigenvalue weighted by Crippen LogP contribution is 2.27. The van der Waals surface area contributed by atoms with E-state index in [9.17, 15) is 0 Å². The number of aromatic amines is 1. The summed E-state index contributed by atoms with van der Waals surface area (Å²) in [4.78, 5) is 7.52. The second-order valence-corrected chi connectivity index (χ2v) is 3.54. The molecule has 2 aromatic heterocycles. The van der Waals surface area contributed by atoms with Crippen molar-refractivity contribution in [2.75, 3.05) is 7.11 Å². The number of rotatable bonds is 2. The Morgan fingerprint density at radius 3 is 3.12 bits per heavy atom. The highest BCUT2D eigenvalue weighted by Gasteiger charge is 2.09. The van der Waals surface area contributed by atoms with E-state index >= 15 is 0 Å². The minimum atomic E-state index is 0.832. The van der Waals surface area contributed by atoms with Crippen LogP contribution in [0.1, 0.15) is 5.69 Å². The summed E-state index contributed by atoms with van der Waals surface area (Å²) in [5.74, 6) is 0.832. The molecule has 0 spiro atoms. The summed E-state index contributed by atoms with van der Waals surface area (Å²) in [6.45, 7) is 0. The van der Waals surface area contributed by atoms with Crippen LogP contribution in [0.2, 0.25) is 0 Å². The van der Waals surface area contributed by atoms with E-state index < -0.39 is 0 Å². The van der Waals surface area contributed by atoms with Crippen LogP contribution in [0.25, 0.3) is 16.6 Å². The molecule has 2 heterocycles. The molecule has 0 amide bonds. The first kappa shape index (κ1) is 9.01. The third-order valence-corrected chi connectivity index (χ3v) is 2.60. The molecule has 16 heavy (non-hydrogen) atoms. The first-order valence-corrected chi connectivity index (χ1v) is 5.04. The summed E-state index contributed by atoms with van der Waals surface area (Å²) in [6, 6.07) is 3.89. The Hall–Kier alpha value is -2.25. The largest absolute Gasteiger partial charge is 0.496 e. The van der Waals surface area contributed by atoms with Crippen LogP contribution in [-0.4, -0.2) is 17.1 Å². The van der Waals surface area contributed by atoms with Crippen LogP contribution >= 0.6 is 0 Å². The van der Waals surface area contributed by atoms with Gasteiger partial charge in [0.25, 0.3) is 0 Å². The second kappa shape index (κ2) is 3.40. The molecule has 2 aromatic rings. The molecule has 78 valence electrons. The minimum absolute atomic E-state index is 0.832. The molecule has 0 unspecified atom stereocenters. The van der Waals surface area contributed by atoms with Gasteiger partial charge in [-0.05, 0) is 24.3 Å². The van der Waals surface area contributed by atoms with E-state index in [2.05, 4.69) is 15.7 Å². The van der Waals surface area contributed by atoms with E-state index in [-0.39, 0.29) is 0 Å². The molecular weight excluding hydrogens is 200 g/mol. The van der Waals surface area contributed by atoms with Crippen LogP contribution in [0.5, 0.6) is 5.75 Å². The van der Waals surface area contributed by atoms with Crippen LogP contribution in [0.4, 0.5) is 0 Å². The smallest absolute Gasteiger partial charge is 0.141 e. The number of hydrogen-bond donors (Lipinski definition) is 1. The molecule has 0 fully saturated rings. The fourth-order valence-corrected chi connectivity index (χ4v) is 1.82. The van der Waals surface area contributed by atoms with Gasteiger partial charge in [0.05, 0.1) is 18.2 Å². The number of allylic oxidation sites excluding steroid dienone is 3. The lowest BCUT2D eigenvalue weighted by Gasteiger charge is -1.98. The van der Waals surface area contributed by atoms with Gasteiger partial charge in [0.1, 0.15) is 11.4 Å². The quantitative estimate of drug-likeness (QED) is 0.774. The van der Waals surface area contributed by atoms with E-state index in [1.54, 1.807) is 13.3 Å². The molecule has 1 aliphatic carbocycles. The average Bonchev–Trinajstić information content (AvgIpc) is 2.96. The molecule has 0 bridgehead atoms. The second-order valence-electron chi connectivity index (χ2n) is 3.54. The summed E-state index contributed by atoms with van der Waals surface area (Å²) in [7, 11) is 1.66. The predicted octanol–water partition coefficient (Wildman–Crippen LogP) is 2.68. The van der Waals surface area contributed by atoms with Crippen LogP contribution in [0, 0.1) is 0 Å². The zero-order chi connectivity index (χ0) is 11.0. The van der Waals surface area contributed by atoms with Crippen LogP contribution in [0.3, 0.4) is 0 Å². The molecule has 3 rings (SSSR count). The molecule has 1 N–H and O–H groups in total. The lowest BCUT2D eigenvalue weighted by molar-refractivity contribution is 0.419. The van der Waals surface area contributed by atoms with Crippen LogP contribution in [0.15, 0.2) is 42.3 Å². The summed E-state index contributed by atoms with van der Waals surface area (Å²) >= 11 is 0. The van der Waals surface area contributed by atoms with Gasteiger partial charge in [-0.15, -0.1) is 5.73 Å². The number of ether oxygens (including phenoxy) is 1. The Morgan fingerprint density at radius 1 is 1.44 bits per heavy atom. The van der Waals surface area contributed by atoms with Crippen molar-refractivity contribution < 1.29 is 4.74 Å². The topological polar surface area (TPSA) is 37.9 Å². The van der Waals surface area contributed by atoms with E-state index in [4.69, 9.17) is 4.74 Å². The number of methoxy groups -OCH3 is 1. The van der Waals surface area contributed by atoms with Crippen molar-refractivity contribution in [3.8, 4) is 5.75 Å². The number of fused-ring (bicyclic) bond motifs is 1. The first-order chi connectivity index (χ1) is 7.88. The third kappa shape index (κ3) is 1.27. The maximum atomic E-state index is 5.29. The van der Waals surface area contributed by atoms with Gasteiger partial charge in [-0.1, -0.05) is 6.08 Å². The van der Waals surface area contributed by atoms with Gasteiger partial charge in [0, 0.05) is 11.8 Å². The number of nitrogens with zero attached hydrogens (tertiary/aromatic N) is 1. The highest BCUT2D eigenvalue weighted by molar-refractivity contribution is 5.89. The Morgan fingerprint density at radius 2 is 2.38 bits per heavy atom. The maximum Gasteiger partial charge on any atom is 0.141 e. The van der Waals surface area contributed by atoms with E-state index in [1.807, 2.05) is 30.4 Å². The number of hydrogen-bond acceptors (Lipinski definition) is 2. The SMILES string of the molecule is COc1ccnc2[nH]c(C3=C=CC=C3)cc12. The Balaban J connectivity index is 2.23. The monoisotopic (exact) mass is 210 g/mol. The fraction of sp³-hybridized carbons (Fsp3) is 0.0769. The van der Waals surface area contributed by atoms with E-state index in [0.29, 0.717) is 0 Å². The van der Waals surface area contributed by atoms with Crippen LogP contribution < -0.4 is 4.74 Å². The fourth-order valence-electron chi connectivity index (χ4n) is 1.82. The molecule has 0 aromatic carbocycles. The lowest BCUT2D eigenvalue weighted by atomic mass is 10.2. The first-order valence-electron chi connectivity index (χ1n) is 5.04. The zero-order valence-electron chi connectivity index (χ0n) is 8.82. The van der Waals surface area contributed by atoms with Crippen molar-refractivity contribution in [3.63, 3.8) is 0 Å². The van der Waals surface area contributed by atoms with Crippen molar-refractivity contribution in [2.45, 2.75) is 0 Å². The van der Waals surface area contributed by atoms with E-state index in [1.165, 1.54) is 0 Å².